The molecule has 0 spiro atoms. The zero-order valence-electron chi connectivity index (χ0n) is 17.2. The lowest BCUT2D eigenvalue weighted by atomic mass is 10.1. The van der Waals surface area contributed by atoms with Gasteiger partial charge in [0.25, 0.3) is 5.91 Å². The maximum Gasteiger partial charge on any atom is 0.339 e. The van der Waals surface area contributed by atoms with E-state index in [0.717, 1.165) is 11.1 Å². The van der Waals surface area contributed by atoms with Gasteiger partial charge in [-0.3, -0.25) is 4.79 Å². The number of nitrogens with one attached hydrogen (secondary N) is 1. The molecule has 0 aliphatic carbocycles. The summed E-state index contributed by atoms with van der Waals surface area (Å²) in [5.74, 6) is -0.407. The van der Waals surface area contributed by atoms with Crippen molar-refractivity contribution in [2.24, 2.45) is 0 Å². The van der Waals surface area contributed by atoms with Gasteiger partial charge in [-0.1, -0.05) is 41.4 Å². The number of carbonyl (C=O) groups excluding carboxylic acids is 2. The molecule has 1 atom stereocenters. The van der Waals surface area contributed by atoms with Gasteiger partial charge in [-0.2, -0.15) is 0 Å². The molecule has 0 aromatic heterocycles. The average molecular weight is 420 g/mol. The van der Waals surface area contributed by atoms with Gasteiger partial charge in [0, 0.05) is 6.54 Å². The first-order chi connectivity index (χ1) is 13.7. The lowest BCUT2D eigenvalue weighted by Gasteiger charge is -2.17. The SMILES string of the molecule is COc1cc(C(=O)O[C@H](C)C(=O)NCc2ccc(C)cc2)cc(Cl)c1OC(C)C. The average Bonchev–Trinajstić information content (AvgIpc) is 2.68. The second-order valence-corrected chi connectivity index (χ2v) is 7.31. The van der Waals surface area contributed by atoms with Gasteiger partial charge >= 0.3 is 5.97 Å². The molecule has 1 amide bonds. The van der Waals surface area contributed by atoms with Crippen LogP contribution < -0.4 is 14.8 Å². The maximum atomic E-state index is 12.5. The molecule has 1 N–H and O–H groups in total. The molecule has 0 aliphatic rings. The quantitative estimate of drug-likeness (QED) is 0.645. The third-order valence-corrected chi connectivity index (χ3v) is 4.34. The number of benzene rings is 2. The van der Waals surface area contributed by atoms with E-state index in [9.17, 15) is 9.59 Å². The molecule has 0 fully saturated rings. The second-order valence-electron chi connectivity index (χ2n) is 6.91. The van der Waals surface area contributed by atoms with E-state index in [4.69, 9.17) is 25.8 Å². The van der Waals surface area contributed by atoms with Gasteiger partial charge in [-0.15, -0.1) is 0 Å². The number of methoxy groups -OCH3 is 1. The summed E-state index contributed by atoms with van der Waals surface area (Å²) in [4.78, 5) is 24.7. The number of hydrogen-bond donors (Lipinski definition) is 1. The summed E-state index contributed by atoms with van der Waals surface area (Å²) in [7, 11) is 1.45. The van der Waals surface area contributed by atoms with Crippen molar-refractivity contribution in [3.05, 3.63) is 58.1 Å². The number of aryl methyl sites for hydroxylation is 1. The Hall–Kier alpha value is -2.73. The molecule has 2 aromatic carbocycles. The Morgan fingerprint density at radius 3 is 2.34 bits per heavy atom. The van der Waals surface area contributed by atoms with Crippen LogP contribution in [-0.2, 0) is 16.1 Å². The van der Waals surface area contributed by atoms with E-state index < -0.39 is 18.0 Å². The Bertz CT molecular complexity index is 864. The normalized spacial score (nSPS) is 11.7. The molecular weight excluding hydrogens is 394 g/mol. The number of esters is 1. The van der Waals surface area contributed by atoms with Crippen molar-refractivity contribution in [3.63, 3.8) is 0 Å². The van der Waals surface area contributed by atoms with E-state index in [0.29, 0.717) is 18.0 Å². The minimum atomic E-state index is -0.968. The Kier molecular flexibility index (Phi) is 7.91. The maximum absolute atomic E-state index is 12.5. The first-order valence-corrected chi connectivity index (χ1v) is 9.67. The highest BCUT2D eigenvalue weighted by atomic mass is 35.5. The van der Waals surface area contributed by atoms with Gasteiger partial charge in [-0.25, -0.2) is 4.79 Å². The Morgan fingerprint density at radius 2 is 1.76 bits per heavy atom. The number of halogens is 1. The first kappa shape index (κ1) is 22.6. The molecular formula is C22H26ClNO5. The van der Waals surface area contributed by atoms with Crippen LogP contribution in [0.4, 0.5) is 0 Å². The van der Waals surface area contributed by atoms with Crippen molar-refractivity contribution in [2.45, 2.75) is 46.4 Å². The molecule has 2 rings (SSSR count). The van der Waals surface area contributed by atoms with Crippen molar-refractivity contribution in [2.75, 3.05) is 7.11 Å². The molecule has 0 bridgehead atoms. The third kappa shape index (κ3) is 6.39. The zero-order valence-corrected chi connectivity index (χ0v) is 18.0. The molecule has 0 saturated heterocycles. The summed E-state index contributed by atoms with van der Waals surface area (Å²) < 4.78 is 16.2. The van der Waals surface area contributed by atoms with Crippen LogP contribution in [0.1, 0.15) is 42.3 Å². The number of ether oxygens (including phenoxy) is 3. The van der Waals surface area contributed by atoms with E-state index in [-0.39, 0.29) is 16.7 Å². The summed E-state index contributed by atoms with van der Waals surface area (Å²) in [6.45, 7) is 7.57. The number of amides is 1. The van der Waals surface area contributed by atoms with Gasteiger partial charge in [0.15, 0.2) is 17.6 Å². The molecule has 0 aliphatic heterocycles. The Balaban J connectivity index is 2.01. The molecule has 0 radical (unpaired) electrons. The summed E-state index contributed by atoms with van der Waals surface area (Å²) >= 11 is 6.24. The zero-order chi connectivity index (χ0) is 21.6. The standard InChI is InChI=1S/C22H26ClNO5/c1-13(2)28-20-18(23)10-17(11-19(20)27-5)22(26)29-15(4)21(25)24-12-16-8-6-14(3)7-9-16/h6-11,13,15H,12H2,1-5H3,(H,24,25)/t15-/m1/s1. The van der Waals surface area contributed by atoms with Crippen LogP contribution >= 0.6 is 11.6 Å². The molecule has 0 saturated carbocycles. The summed E-state index contributed by atoms with van der Waals surface area (Å²) in [5.41, 5.74) is 2.27. The molecule has 29 heavy (non-hydrogen) atoms. The highest BCUT2D eigenvalue weighted by Crippen LogP contribution is 2.37. The van der Waals surface area contributed by atoms with Crippen molar-refractivity contribution >= 4 is 23.5 Å². The number of hydrogen-bond acceptors (Lipinski definition) is 5. The molecule has 0 heterocycles. The Morgan fingerprint density at radius 1 is 1.10 bits per heavy atom. The predicted molar refractivity (Wildman–Crippen MR) is 112 cm³/mol. The van der Waals surface area contributed by atoms with Crippen molar-refractivity contribution in [1.82, 2.24) is 5.32 Å². The molecule has 156 valence electrons. The fourth-order valence-electron chi connectivity index (χ4n) is 2.51. The molecule has 6 nitrogen and oxygen atoms in total. The van der Waals surface area contributed by atoms with Crippen LogP contribution in [0.3, 0.4) is 0 Å². The van der Waals surface area contributed by atoms with Crippen LogP contribution in [0, 0.1) is 6.92 Å². The second kappa shape index (κ2) is 10.2. The monoisotopic (exact) mass is 419 g/mol. The highest BCUT2D eigenvalue weighted by Gasteiger charge is 2.22. The summed E-state index contributed by atoms with van der Waals surface area (Å²) in [5, 5.41) is 2.98. The summed E-state index contributed by atoms with van der Waals surface area (Å²) in [6.07, 6.45) is -1.08. The lowest BCUT2D eigenvalue weighted by molar-refractivity contribution is -0.129. The largest absolute Gasteiger partial charge is 0.493 e. The van der Waals surface area contributed by atoms with Crippen molar-refractivity contribution < 1.29 is 23.8 Å². The fraction of sp³-hybridized carbons (Fsp3) is 0.364. The third-order valence-electron chi connectivity index (χ3n) is 4.06. The van der Waals surface area contributed by atoms with Crippen molar-refractivity contribution in [3.8, 4) is 11.5 Å². The highest BCUT2D eigenvalue weighted by molar-refractivity contribution is 6.32. The van der Waals surface area contributed by atoms with E-state index >= 15 is 0 Å². The van der Waals surface area contributed by atoms with Gasteiger partial charge < -0.3 is 19.5 Å². The van der Waals surface area contributed by atoms with Crippen molar-refractivity contribution in [1.29, 1.82) is 0 Å². The van der Waals surface area contributed by atoms with Gasteiger partial charge in [0.05, 0.1) is 23.8 Å². The predicted octanol–water partition coefficient (Wildman–Crippen LogP) is 4.31. The van der Waals surface area contributed by atoms with E-state index in [1.807, 2.05) is 45.0 Å². The minimum absolute atomic E-state index is 0.114. The fourth-order valence-corrected chi connectivity index (χ4v) is 2.76. The smallest absolute Gasteiger partial charge is 0.339 e. The Labute approximate surface area is 176 Å². The molecule has 2 aromatic rings. The van der Waals surface area contributed by atoms with Gasteiger partial charge in [0.2, 0.25) is 0 Å². The minimum Gasteiger partial charge on any atom is -0.493 e. The van der Waals surface area contributed by atoms with Crippen LogP contribution in [0.5, 0.6) is 11.5 Å². The van der Waals surface area contributed by atoms with E-state index in [1.165, 1.54) is 26.2 Å². The molecule has 0 unspecified atom stereocenters. The number of carbonyl (C=O) groups is 2. The van der Waals surface area contributed by atoms with Crippen LogP contribution in [-0.4, -0.2) is 31.2 Å². The molecule has 7 heteroatoms. The van der Waals surface area contributed by atoms with Crippen LogP contribution in [0.15, 0.2) is 36.4 Å². The van der Waals surface area contributed by atoms with E-state index in [2.05, 4.69) is 5.32 Å². The topological polar surface area (TPSA) is 73.9 Å². The summed E-state index contributed by atoms with van der Waals surface area (Å²) in [6, 6.07) is 10.7. The first-order valence-electron chi connectivity index (χ1n) is 9.29. The van der Waals surface area contributed by atoms with Crippen LogP contribution in [0.25, 0.3) is 0 Å². The van der Waals surface area contributed by atoms with Gasteiger partial charge in [0.1, 0.15) is 0 Å². The van der Waals surface area contributed by atoms with Gasteiger partial charge in [-0.05, 0) is 45.4 Å². The van der Waals surface area contributed by atoms with E-state index in [1.54, 1.807) is 0 Å². The lowest BCUT2D eigenvalue weighted by Crippen LogP contribution is -2.35. The number of rotatable bonds is 8. The van der Waals surface area contributed by atoms with Crippen LogP contribution in [0.2, 0.25) is 5.02 Å².